The molecule has 1 aromatic heterocycles. The number of methoxy groups -OCH3 is 2. The summed E-state index contributed by atoms with van der Waals surface area (Å²) in [5.41, 5.74) is 4.11. The van der Waals surface area contributed by atoms with Gasteiger partial charge in [-0.05, 0) is 49.2 Å². The first-order valence-corrected chi connectivity index (χ1v) is 10.4. The lowest BCUT2D eigenvalue weighted by molar-refractivity contribution is 0.0694. The predicted octanol–water partition coefficient (Wildman–Crippen LogP) is 4.95. The highest BCUT2D eigenvalue weighted by Crippen LogP contribution is 2.28. The number of benzene rings is 2. The van der Waals surface area contributed by atoms with Crippen molar-refractivity contribution in [1.82, 2.24) is 9.88 Å². The van der Waals surface area contributed by atoms with Crippen molar-refractivity contribution in [1.29, 1.82) is 0 Å². The number of carboxylic acids is 1. The zero-order chi connectivity index (χ0) is 23.4. The van der Waals surface area contributed by atoms with Crippen LogP contribution in [-0.2, 0) is 19.6 Å². The van der Waals surface area contributed by atoms with Crippen molar-refractivity contribution in [2.24, 2.45) is 0 Å². The average molecular weight is 461 g/mol. The maximum atomic E-state index is 13.4. The van der Waals surface area contributed by atoms with Crippen molar-refractivity contribution in [2.45, 2.75) is 33.5 Å². The molecule has 0 saturated carbocycles. The van der Waals surface area contributed by atoms with E-state index in [0.717, 1.165) is 16.8 Å². The van der Waals surface area contributed by atoms with Gasteiger partial charge in [0.1, 0.15) is 5.82 Å². The molecule has 0 radical (unpaired) electrons. The molecule has 1 heterocycles. The molecular formula is C24H26ClFN2O4. The summed E-state index contributed by atoms with van der Waals surface area (Å²) in [6.45, 7) is 4.89. The monoisotopic (exact) mass is 460 g/mol. The summed E-state index contributed by atoms with van der Waals surface area (Å²) in [6, 6.07) is 9.85. The van der Waals surface area contributed by atoms with Crippen LogP contribution in [-0.4, -0.2) is 29.9 Å². The number of nitrogens with one attached hydrogen (secondary N) is 1. The highest BCUT2D eigenvalue weighted by Gasteiger charge is 2.23. The van der Waals surface area contributed by atoms with Gasteiger partial charge in [0.2, 0.25) is 0 Å². The van der Waals surface area contributed by atoms with Gasteiger partial charge in [-0.15, -0.1) is 0 Å². The van der Waals surface area contributed by atoms with Crippen LogP contribution in [0.3, 0.4) is 0 Å². The summed E-state index contributed by atoms with van der Waals surface area (Å²) in [5.74, 6) is -0.122. The maximum Gasteiger partial charge on any atom is 0.337 e. The third-order valence-electron chi connectivity index (χ3n) is 5.55. The number of nitrogens with zero attached hydrogens (tertiary/aromatic N) is 1. The first-order valence-electron chi connectivity index (χ1n) is 10.0. The van der Waals surface area contributed by atoms with Crippen LogP contribution in [0.4, 0.5) is 4.39 Å². The van der Waals surface area contributed by atoms with Gasteiger partial charge in [0.15, 0.2) is 11.5 Å². The molecule has 6 nitrogen and oxygen atoms in total. The van der Waals surface area contributed by atoms with E-state index in [9.17, 15) is 14.3 Å². The van der Waals surface area contributed by atoms with Crippen LogP contribution < -0.4 is 14.8 Å². The number of aromatic nitrogens is 1. The second kappa shape index (κ2) is 10.1. The fourth-order valence-corrected chi connectivity index (χ4v) is 4.06. The van der Waals surface area contributed by atoms with E-state index < -0.39 is 11.8 Å². The zero-order valence-electron chi connectivity index (χ0n) is 18.5. The Hall–Kier alpha value is -3.03. The number of carbonyl (C=O) groups is 1. The van der Waals surface area contributed by atoms with E-state index in [-0.39, 0.29) is 5.56 Å². The Bertz CT molecular complexity index is 1140. The number of halogens is 2. The molecule has 8 heteroatoms. The van der Waals surface area contributed by atoms with Crippen molar-refractivity contribution in [2.75, 3.05) is 14.2 Å². The molecule has 0 fully saturated rings. The topological polar surface area (TPSA) is 72.7 Å². The normalized spacial score (nSPS) is 10.9. The lowest BCUT2D eigenvalue weighted by Gasteiger charge is -2.12. The van der Waals surface area contributed by atoms with Crippen LogP contribution >= 0.6 is 11.6 Å². The van der Waals surface area contributed by atoms with Gasteiger partial charge >= 0.3 is 5.97 Å². The Balaban J connectivity index is 1.83. The Morgan fingerprint density at radius 2 is 1.78 bits per heavy atom. The minimum atomic E-state index is -0.988. The molecule has 0 unspecified atom stereocenters. The molecule has 0 atom stereocenters. The van der Waals surface area contributed by atoms with Gasteiger partial charge < -0.3 is 24.5 Å². The van der Waals surface area contributed by atoms with E-state index in [4.69, 9.17) is 21.1 Å². The number of ether oxygens (including phenoxy) is 2. The summed E-state index contributed by atoms with van der Waals surface area (Å²) in [5, 5.41) is 13.5. The van der Waals surface area contributed by atoms with E-state index in [1.165, 1.54) is 12.1 Å². The summed E-state index contributed by atoms with van der Waals surface area (Å²) in [4.78, 5) is 12.0. The zero-order valence-corrected chi connectivity index (χ0v) is 19.2. The first-order chi connectivity index (χ1) is 15.3. The van der Waals surface area contributed by atoms with Crippen LogP contribution in [0, 0.1) is 19.7 Å². The molecule has 170 valence electrons. The molecule has 0 saturated heterocycles. The second-order valence-corrected chi connectivity index (χ2v) is 7.85. The van der Waals surface area contributed by atoms with Crippen LogP contribution in [0.15, 0.2) is 36.4 Å². The van der Waals surface area contributed by atoms with Crippen LogP contribution in [0.25, 0.3) is 0 Å². The number of rotatable bonds is 9. The lowest BCUT2D eigenvalue weighted by Crippen LogP contribution is -2.15. The van der Waals surface area contributed by atoms with E-state index in [0.29, 0.717) is 47.4 Å². The third-order valence-corrected chi connectivity index (χ3v) is 5.90. The van der Waals surface area contributed by atoms with Crippen LogP contribution in [0.2, 0.25) is 5.02 Å². The Labute approximate surface area is 191 Å². The van der Waals surface area contributed by atoms with Gasteiger partial charge in [-0.25, -0.2) is 9.18 Å². The van der Waals surface area contributed by atoms with Crippen molar-refractivity contribution < 1.29 is 23.8 Å². The quantitative estimate of drug-likeness (QED) is 0.472. The van der Waals surface area contributed by atoms with Gasteiger partial charge in [0.25, 0.3) is 0 Å². The van der Waals surface area contributed by atoms with Crippen molar-refractivity contribution in [3.63, 3.8) is 0 Å². The number of hydrogen-bond acceptors (Lipinski definition) is 4. The van der Waals surface area contributed by atoms with E-state index in [1.807, 2.05) is 29.7 Å². The Morgan fingerprint density at radius 3 is 2.41 bits per heavy atom. The predicted molar refractivity (Wildman–Crippen MR) is 121 cm³/mol. The van der Waals surface area contributed by atoms with E-state index in [2.05, 4.69) is 5.32 Å². The number of hydrogen-bond donors (Lipinski definition) is 2. The summed E-state index contributed by atoms with van der Waals surface area (Å²) >= 11 is 6.19. The molecule has 3 rings (SSSR count). The van der Waals surface area contributed by atoms with Crippen molar-refractivity contribution in [3.05, 3.63) is 80.9 Å². The standard InChI is InChI=1S/C24H26ClFN2O4/c1-14-19(12-27-11-16-5-8-21(31-3)22(9-16)32-4)23(24(29)30)15(2)28(14)13-17-6-7-18(26)10-20(17)25/h5-10,27H,11-13H2,1-4H3,(H,29,30). The van der Waals surface area contributed by atoms with Crippen LogP contribution in [0.1, 0.15) is 38.4 Å². The third kappa shape index (κ3) is 4.89. The first kappa shape index (κ1) is 23.6. The van der Waals surface area contributed by atoms with Crippen LogP contribution in [0.5, 0.6) is 11.5 Å². The minimum Gasteiger partial charge on any atom is -0.493 e. The number of carboxylic acid groups (broad SMARTS) is 1. The summed E-state index contributed by atoms with van der Waals surface area (Å²) in [7, 11) is 3.16. The Kier molecular flexibility index (Phi) is 7.43. The maximum absolute atomic E-state index is 13.4. The molecule has 32 heavy (non-hydrogen) atoms. The molecule has 0 spiro atoms. The van der Waals surface area contributed by atoms with E-state index in [1.54, 1.807) is 27.2 Å². The highest BCUT2D eigenvalue weighted by atomic mass is 35.5. The van der Waals surface area contributed by atoms with Crippen molar-refractivity contribution >= 4 is 17.6 Å². The SMILES string of the molecule is COc1ccc(CNCc2c(C(=O)O)c(C)n(Cc3ccc(F)cc3Cl)c2C)cc1OC. The van der Waals surface area contributed by atoms with Gasteiger partial charge in [-0.1, -0.05) is 23.7 Å². The van der Waals surface area contributed by atoms with Gasteiger partial charge in [-0.3, -0.25) is 0 Å². The molecule has 0 amide bonds. The molecule has 3 aromatic rings. The smallest absolute Gasteiger partial charge is 0.337 e. The molecular weight excluding hydrogens is 435 g/mol. The fraction of sp³-hybridized carbons (Fsp3) is 0.292. The molecule has 2 aromatic carbocycles. The Morgan fingerprint density at radius 1 is 1.06 bits per heavy atom. The molecule has 0 aliphatic heterocycles. The highest BCUT2D eigenvalue weighted by molar-refractivity contribution is 6.31. The van der Waals surface area contributed by atoms with Crippen molar-refractivity contribution in [3.8, 4) is 11.5 Å². The lowest BCUT2D eigenvalue weighted by atomic mass is 10.1. The van der Waals surface area contributed by atoms with Gasteiger partial charge in [0.05, 0.1) is 19.8 Å². The van der Waals surface area contributed by atoms with Gasteiger partial charge in [0, 0.05) is 41.6 Å². The molecule has 0 bridgehead atoms. The minimum absolute atomic E-state index is 0.264. The van der Waals surface area contributed by atoms with Gasteiger partial charge in [-0.2, -0.15) is 0 Å². The largest absolute Gasteiger partial charge is 0.493 e. The summed E-state index contributed by atoms with van der Waals surface area (Å²) < 4.78 is 25.9. The van der Waals surface area contributed by atoms with E-state index >= 15 is 0 Å². The number of aromatic carboxylic acids is 1. The molecule has 2 N–H and O–H groups in total. The summed E-state index contributed by atoms with van der Waals surface area (Å²) in [6.07, 6.45) is 0. The molecule has 0 aliphatic carbocycles. The molecule has 0 aliphatic rings. The fourth-order valence-electron chi connectivity index (χ4n) is 3.83. The second-order valence-electron chi connectivity index (χ2n) is 7.44. The average Bonchev–Trinajstić information content (AvgIpc) is 2.99.